The van der Waals surface area contributed by atoms with Crippen molar-refractivity contribution in [2.24, 2.45) is 0 Å². The molecule has 9 nitrogen and oxygen atoms in total. The number of carboxylic acid groups (broad SMARTS) is 1. The number of allylic oxidation sites excluding steroid dienone is 10. The molecule has 0 saturated heterocycles. The molecule has 9 heteroatoms. The Morgan fingerprint density at radius 3 is 0.876 bits per heavy atom. The zero-order chi connectivity index (χ0) is 70.4. The number of carbonyl (C=O) groups is 3. The number of ether oxygens (including phenoxy) is 4. The third-order valence-electron chi connectivity index (χ3n) is 19.3. The molecule has 0 rings (SSSR count). The normalized spacial score (nSPS) is 12.9. The van der Waals surface area contributed by atoms with Crippen molar-refractivity contribution in [3.8, 4) is 0 Å². The molecule has 0 fully saturated rings. The van der Waals surface area contributed by atoms with Gasteiger partial charge < -0.3 is 28.5 Å². The lowest BCUT2D eigenvalue weighted by atomic mass is 10.0. The van der Waals surface area contributed by atoms with Crippen molar-refractivity contribution < 1.29 is 42.9 Å². The first kappa shape index (κ1) is 94.0. The number of unbranched alkanes of at least 4 members (excludes halogenated alkanes) is 55. The van der Waals surface area contributed by atoms with E-state index < -0.39 is 18.4 Å². The van der Waals surface area contributed by atoms with Crippen LogP contribution in [0.15, 0.2) is 60.8 Å². The lowest BCUT2D eigenvalue weighted by Gasteiger charge is -2.25. The van der Waals surface area contributed by atoms with Crippen LogP contribution in [0, 0.1) is 0 Å². The molecule has 0 bridgehead atoms. The topological polar surface area (TPSA) is 108 Å². The Balaban J connectivity index is 3.94. The van der Waals surface area contributed by atoms with Crippen LogP contribution < -0.4 is 0 Å². The molecule has 0 aliphatic carbocycles. The van der Waals surface area contributed by atoms with E-state index in [1.54, 1.807) is 0 Å². The average molecular weight is 1360 g/mol. The van der Waals surface area contributed by atoms with Crippen LogP contribution in [0.1, 0.15) is 425 Å². The molecule has 0 aromatic carbocycles. The minimum atomic E-state index is -1.51. The quantitative estimate of drug-likeness (QED) is 0.0211. The van der Waals surface area contributed by atoms with E-state index in [1.165, 1.54) is 327 Å². The van der Waals surface area contributed by atoms with Gasteiger partial charge in [-0.15, -0.1) is 0 Å². The van der Waals surface area contributed by atoms with Crippen LogP contribution in [0.25, 0.3) is 0 Å². The maximum Gasteiger partial charge on any atom is 0.361 e. The SMILES string of the molecule is CC/C=C\C/C=C\C/C=C\C/C=C\C/C=C\CCCCCCCCCCCCCCCCCCCCCC(=O)OC(COC(=O)CCCCCCCCCCCCCCCCCCCCCCCCCCCCCCCCCCCCCCC)COC(OCC[N+](C)(C)C)C(=O)O. The molecular weight excluding hydrogens is 1200 g/mol. The number of hydrogen-bond donors (Lipinski definition) is 1. The fourth-order valence-electron chi connectivity index (χ4n) is 12.9. The summed E-state index contributed by atoms with van der Waals surface area (Å²) in [6, 6.07) is 0. The molecule has 0 saturated carbocycles. The van der Waals surface area contributed by atoms with E-state index in [0.717, 1.165) is 70.6 Å². The molecule has 0 radical (unpaired) electrons. The smallest absolute Gasteiger partial charge is 0.361 e. The molecule has 97 heavy (non-hydrogen) atoms. The van der Waals surface area contributed by atoms with E-state index in [4.69, 9.17) is 18.9 Å². The third kappa shape index (κ3) is 80.2. The van der Waals surface area contributed by atoms with Crippen molar-refractivity contribution in [2.45, 2.75) is 437 Å². The van der Waals surface area contributed by atoms with E-state index in [1.807, 2.05) is 21.1 Å². The van der Waals surface area contributed by atoms with E-state index in [9.17, 15) is 19.5 Å². The summed E-state index contributed by atoms with van der Waals surface area (Å²) >= 11 is 0. The number of likely N-dealkylation sites (N-methyl/N-ethyl adjacent to an activating group) is 1. The molecule has 0 aliphatic heterocycles. The fourth-order valence-corrected chi connectivity index (χ4v) is 12.9. The Hall–Kier alpha value is -3.01. The highest BCUT2D eigenvalue weighted by molar-refractivity contribution is 5.71. The number of carboxylic acids is 1. The first-order chi connectivity index (χ1) is 47.6. The van der Waals surface area contributed by atoms with Crippen LogP contribution >= 0.6 is 0 Å². The summed E-state index contributed by atoms with van der Waals surface area (Å²) in [5.74, 6) is -1.97. The van der Waals surface area contributed by atoms with Crippen molar-refractivity contribution in [1.82, 2.24) is 0 Å². The molecular formula is C88H164NO8+. The van der Waals surface area contributed by atoms with Gasteiger partial charge in [-0.2, -0.15) is 0 Å². The predicted octanol–water partition coefficient (Wildman–Crippen LogP) is 27.4. The molecule has 0 aliphatic rings. The number of esters is 2. The van der Waals surface area contributed by atoms with Crippen molar-refractivity contribution in [3.63, 3.8) is 0 Å². The zero-order valence-electron chi connectivity index (χ0n) is 65.3. The molecule has 0 aromatic rings. The number of rotatable bonds is 80. The van der Waals surface area contributed by atoms with Crippen LogP contribution in [-0.4, -0.2) is 87.4 Å². The van der Waals surface area contributed by atoms with Gasteiger partial charge in [-0.1, -0.05) is 415 Å². The molecule has 0 aromatic heterocycles. The maximum absolute atomic E-state index is 13.0. The van der Waals surface area contributed by atoms with Crippen LogP contribution in [0.4, 0.5) is 0 Å². The Kier molecular flexibility index (Phi) is 76.3. The van der Waals surface area contributed by atoms with Crippen molar-refractivity contribution >= 4 is 17.9 Å². The molecule has 568 valence electrons. The van der Waals surface area contributed by atoms with Gasteiger partial charge >= 0.3 is 17.9 Å². The Bertz CT molecular complexity index is 1780. The second kappa shape index (κ2) is 78.7. The lowest BCUT2D eigenvalue weighted by molar-refractivity contribution is -0.870. The standard InChI is InChI=1S/C88H163NO8/c1-6-8-10-12-14-16-18-20-22-24-26-28-30-32-34-36-38-40-42-43-45-46-48-50-52-54-56-58-60-62-64-66-68-70-72-74-76-78-85(90)95-82-84(83-96-88(87(92)93)94-81-80-89(3,4)5)97-86(91)79-77-75-73-71-69-67-65-63-61-59-57-55-53-51-49-47-44-41-39-37-35-33-31-29-27-25-23-21-19-17-15-13-11-9-7-2/h9,11,15,17,21,23,27,29,33,35,84,88H,6-8,10,12-14,16,18-20,22,24-26,28,30-32,34,36-83H2,1-5H3/p+1/b11-9-,17-15-,23-21-,29-27-,35-33-. The van der Waals surface area contributed by atoms with Crippen LogP contribution in [-0.2, 0) is 33.3 Å². The van der Waals surface area contributed by atoms with E-state index >= 15 is 0 Å². The van der Waals surface area contributed by atoms with Gasteiger partial charge in [0.1, 0.15) is 13.2 Å². The van der Waals surface area contributed by atoms with Gasteiger partial charge in [-0.05, 0) is 57.8 Å². The van der Waals surface area contributed by atoms with Gasteiger partial charge in [0.15, 0.2) is 6.10 Å². The number of hydrogen-bond acceptors (Lipinski definition) is 7. The highest BCUT2D eigenvalue weighted by atomic mass is 16.7. The van der Waals surface area contributed by atoms with Crippen molar-refractivity contribution in [3.05, 3.63) is 60.8 Å². The first-order valence-corrected chi connectivity index (χ1v) is 42.5. The lowest BCUT2D eigenvalue weighted by Crippen LogP contribution is -2.40. The Morgan fingerprint density at radius 2 is 0.588 bits per heavy atom. The van der Waals surface area contributed by atoms with E-state index in [2.05, 4.69) is 74.6 Å². The summed E-state index contributed by atoms with van der Waals surface area (Å²) in [4.78, 5) is 37.8. The second-order valence-corrected chi connectivity index (χ2v) is 30.1. The summed E-state index contributed by atoms with van der Waals surface area (Å²) < 4.78 is 23.1. The maximum atomic E-state index is 13.0. The monoisotopic (exact) mass is 1360 g/mol. The van der Waals surface area contributed by atoms with E-state index in [0.29, 0.717) is 17.4 Å². The van der Waals surface area contributed by atoms with Crippen LogP contribution in [0.5, 0.6) is 0 Å². The van der Waals surface area contributed by atoms with Crippen LogP contribution in [0.2, 0.25) is 0 Å². The Morgan fingerprint density at radius 1 is 0.320 bits per heavy atom. The molecule has 1 N–H and O–H groups in total. The highest BCUT2D eigenvalue weighted by Gasteiger charge is 2.25. The number of quaternary nitrogens is 1. The zero-order valence-corrected chi connectivity index (χ0v) is 65.3. The van der Waals surface area contributed by atoms with Gasteiger partial charge in [0, 0.05) is 12.8 Å². The molecule has 0 spiro atoms. The first-order valence-electron chi connectivity index (χ1n) is 42.5. The summed E-state index contributed by atoms with van der Waals surface area (Å²) in [6.45, 7) is 4.84. The summed E-state index contributed by atoms with van der Waals surface area (Å²) in [5, 5.41) is 9.78. The molecule has 0 amide bonds. The molecule has 2 unspecified atom stereocenters. The van der Waals surface area contributed by atoms with Crippen molar-refractivity contribution in [2.75, 3.05) is 47.5 Å². The highest BCUT2D eigenvalue weighted by Crippen LogP contribution is 2.20. The van der Waals surface area contributed by atoms with Gasteiger partial charge in [-0.3, -0.25) is 9.59 Å². The van der Waals surface area contributed by atoms with Gasteiger partial charge in [-0.25, -0.2) is 4.79 Å². The minimum absolute atomic E-state index is 0.176. The molecule has 2 atom stereocenters. The van der Waals surface area contributed by atoms with Gasteiger partial charge in [0.25, 0.3) is 6.29 Å². The summed E-state index contributed by atoms with van der Waals surface area (Å²) in [6.07, 6.45) is 103. The predicted molar refractivity (Wildman–Crippen MR) is 420 cm³/mol. The van der Waals surface area contributed by atoms with Crippen LogP contribution in [0.3, 0.4) is 0 Å². The van der Waals surface area contributed by atoms with Gasteiger partial charge in [0.2, 0.25) is 0 Å². The summed E-state index contributed by atoms with van der Waals surface area (Å²) in [5.41, 5.74) is 0. The molecule has 0 heterocycles. The minimum Gasteiger partial charge on any atom is -0.477 e. The number of nitrogens with zero attached hydrogens (tertiary/aromatic N) is 1. The number of carbonyl (C=O) groups excluding carboxylic acids is 2. The van der Waals surface area contributed by atoms with Gasteiger partial charge in [0.05, 0.1) is 34.4 Å². The fraction of sp³-hybridized carbons (Fsp3) is 0.852. The third-order valence-corrected chi connectivity index (χ3v) is 19.3. The Labute approximate surface area is 603 Å². The second-order valence-electron chi connectivity index (χ2n) is 30.1. The summed E-state index contributed by atoms with van der Waals surface area (Å²) in [7, 11) is 6.00. The average Bonchev–Trinajstić information content (AvgIpc) is 3.74. The number of aliphatic carboxylic acids is 1. The van der Waals surface area contributed by atoms with E-state index in [-0.39, 0.29) is 38.2 Å². The van der Waals surface area contributed by atoms with Crippen molar-refractivity contribution in [1.29, 1.82) is 0 Å². The largest absolute Gasteiger partial charge is 0.477 e.